The first-order valence-electron chi connectivity index (χ1n) is 8.92. The molecule has 2 aliphatic heterocycles. The smallest absolute Gasteiger partial charge is 0.216 e. The minimum atomic E-state index is -1.68. The highest BCUT2D eigenvalue weighted by Crippen LogP contribution is 2.31. The maximum atomic E-state index is 11.2. The fourth-order valence-corrected chi connectivity index (χ4v) is 3.33. The zero-order chi connectivity index (χ0) is 21.0. The predicted molar refractivity (Wildman–Crippen MR) is 89.6 cm³/mol. The van der Waals surface area contributed by atoms with Crippen LogP contribution >= 0.6 is 0 Å². The van der Waals surface area contributed by atoms with E-state index in [9.17, 15) is 35.4 Å². The van der Waals surface area contributed by atoms with Crippen LogP contribution in [0.15, 0.2) is 0 Å². The standard InChI is InChI=1S/C16H29NO11/c1-6(20)17-3-7-10(21)14(9(5-19)27-15(7)25-2)28-16-13(24)12(23)11(22)8(4-18)26-16/h7-16,18-19,21-24H,3-5H2,1-2H3,(H,17,20). The summed E-state index contributed by atoms with van der Waals surface area (Å²) in [5.41, 5.74) is 0. The molecule has 10 atom stereocenters. The van der Waals surface area contributed by atoms with E-state index in [1.807, 2.05) is 0 Å². The molecule has 2 heterocycles. The number of carbonyl (C=O) groups is 1. The second-order valence-corrected chi connectivity index (χ2v) is 6.85. The number of carbonyl (C=O) groups excluding carboxylic acids is 1. The molecule has 2 aliphatic rings. The van der Waals surface area contributed by atoms with E-state index < -0.39 is 74.4 Å². The highest BCUT2D eigenvalue weighted by atomic mass is 16.7. The van der Waals surface area contributed by atoms with Crippen LogP contribution < -0.4 is 5.32 Å². The molecule has 0 aromatic heterocycles. The van der Waals surface area contributed by atoms with Crippen LogP contribution in [0.1, 0.15) is 6.92 Å². The van der Waals surface area contributed by atoms with E-state index in [4.69, 9.17) is 18.9 Å². The van der Waals surface area contributed by atoms with Gasteiger partial charge in [0.2, 0.25) is 5.91 Å². The number of aliphatic hydroxyl groups excluding tert-OH is 6. The first kappa shape index (κ1) is 23.3. The summed E-state index contributed by atoms with van der Waals surface area (Å²) >= 11 is 0. The Hall–Kier alpha value is -0.930. The van der Waals surface area contributed by atoms with E-state index in [0.29, 0.717) is 0 Å². The zero-order valence-electron chi connectivity index (χ0n) is 15.6. The lowest BCUT2D eigenvalue weighted by Crippen LogP contribution is -2.64. The summed E-state index contributed by atoms with van der Waals surface area (Å²) in [6.45, 7) is 0.0821. The van der Waals surface area contributed by atoms with Gasteiger partial charge in [0.1, 0.15) is 36.6 Å². The van der Waals surface area contributed by atoms with Crippen LogP contribution in [0.4, 0.5) is 0 Å². The van der Waals surface area contributed by atoms with Crippen molar-refractivity contribution in [2.45, 2.75) is 62.2 Å². The van der Waals surface area contributed by atoms with Crippen molar-refractivity contribution in [2.24, 2.45) is 5.92 Å². The summed E-state index contributed by atoms with van der Waals surface area (Å²) in [5.74, 6) is -1.11. The number of aliphatic hydroxyl groups is 6. The van der Waals surface area contributed by atoms with Gasteiger partial charge in [0.25, 0.3) is 0 Å². The third-order valence-electron chi connectivity index (χ3n) is 4.94. The average Bonchev–Trinajstić information content (AvgIpc) is 2.68. The van der Waals surface area contributed by atoms with E-state index in [0.717, 1.165) is 0 Å². The molecule has 0 spiro atoms. The Morgan fingerprint density at radius 1 is 0.929 bits per heavy atom. The number of hydrogen-bond donors (Lipinski definition) is 7. The maximum absolute atomic E-state index is 11.2. The number of amides is 1. The topological polar surface area (TPSA) is 187 Å². The van der Waals surface area contributed by atoms with Gasteiger partial charge in [-0.15, -0.1) is 0 Å². The Labute approximate surface area is 161 Å². The van der Waals surface area contributed by atoms with Gasteiger partial charge < -0.3 is 54.9 Å². The van der Waals surface area contributed by atoms with Crippen molar-refractivity contribution in [3.05, 3.63) is 0 Å². The quantitative estimate of drug-likeness (QED) is 0.214. The molecule has 7 N–H and O–H groups in total. The summed E-state index contributed by atoms with van der Waals surface area (Å²) in [7, 11) is 1.34. The van der Waals surface area contributed by atoms with Crippen LogP contribution in [0, 0.1) is 5.92 Å². The zero-order valence-corrected chi connectivity index (χ0v) is 15.6. The van der Waals surface area contributed by atoms with Gasteiger partial charge in [-0.3, -0.25) is 4.79 Å². The van der Waals surface area contributed by atoms with E-state index >= 15 is 0 Å². The van der Waals surface area contributed by atoms with Gasteiger partial charge >= 0.3 is 0 Å². The summed E-state index contributed by atoms with van der Waals surface area (Å²) in [6, 6.07) is 0. The van der Waals surface area contributed by atoms with Crippen LogP contribution in [0.2, 0.25) is 0 Å². The van der Waals surface area contributed by atoms with Crippen molar-refractivity contribution >= 4 is 5.91 Å². The Morgan fingerprint density at radius 3 is 2.07 bits per heavy atom. The van der Waals surface area contributed by atoms with Crippen LogP contribution in [0.5, 0.6) is 0 Å². The van der Waals surface area contributed by atoms with Gasteiger partial charge in [-0.25, -0.2) is 0 Å². The molecule has 0 saturated carbocycles. The van der Waals surface area contributed by atoms with Crippen molar-refractivity contribution in [1.29, 1.82) is 0 Å². The fourth-order valence-electron chi connectivity index (χ4n) is 3.33. The molecule has 1 amide bonds. The summed E-state index contributed by atoms with van der Waals surface area (Å²) in [4.78, 5) is 11.2. The highest BCUT2D eigenvalue weighted by Gasteiger charge is 2.50. The maximum Gasteiger partial charge on any atom is 0.216 e. The second-order valence-electron chi connectivity index (χ2n) is 6.85. The van der Waals surface area contributed by atoms with E-state index in [2.05, 4.69) is 5.32 Å². The molecular weight excluding hydrogens is 382 g/mol. The SMILES string of the molecule is COC1OC(CO)C(OC2OC(CO)C(O)C(O)C2O)C(O)C1CNC(C)=O. The van der Waals surface area contributed by atoms with Gasteiger partial charge in [0.15, 0.2) is 12.6 Å². The Kier molecular flexibility index (Phi) is 8.51. The monoisotopic (exact) mass is 411 g/mol. The van der Waals surface area contributed by atoms with Gasteiger partial charge in [0.05, 0.1) is 25.2 Å². The molecule has 0 radical (unpaired) electrons. The van der Waals surface area contributed by atoms with Gasteiger partial charge in [0, 0.05) is 20.6 Å². The first-order chi connectivity index (χ1) is 13.2. The van der Waals surface area contributed by atoms with Crippen LogP contribution in [-0.2, 0) is 23.7 Å². The van der Waals surface area contributed by atoms with Crippen molar-refractivity contribution in [2.75, 3.05) is 26.9 Å². The Bertz CT molecular complexity index is 507. The lowest BCUT2D eigenvalue weighted by molar-refractivity contribution is -0.352. The lowest BCUT2D eigenvalue weighted by Gasteiger charge is -2.47. The van der Waals surface area contributed by atoms with Gasteiger partial charge in [-0.2, -0.15) is 0 Å². The van der Waals surface area contributed by atoms with Crippen molar-refractivity contribution < 1.29 is 54.4 Å². The predicted octanol–water partition coefficient (Wildman–Crippen LogP) is -4.35. The van der Waals surface area contributed by atoms with Crippen LogP contribution in [-0.4, -0.2) is 119 Å². The lowest BCUT2D eigenvalue weighted by atomic mass is 9.90. The molecule has 2 fully saturated rings. The van der Waals surface area contributed by atoms with E-state index in [1.165, 1.54) is 14.0 Å². The van der Waals surface area contributed by atoms with Crippen LogP contribution in [0.3, 0.4) is 0 Å². The number of nitrogens with one attached hydrogen (secondary N) is 1. The van der Waals surface area contributed by atoms with Crippen molar-refractivity contribution in [3.8, 4) is 0 Å². The Balaban J connectivity index is 2.17. The molecule has 0 aromatic rings. The number of methoxy groups -OCH3 is 1. The van der Waals surface area contributed by atoms with Crippen molar-refractivity contribution in [3.63, 3.8) is 0 Å². The van der Waals surface area contributed by atoms with E-state index in [1.54, 1.807) is 0 Å². The molecule has 2 rings (SSSR count). The highest BCUT2D eigenvalue weighted by molar-refractivity contribution is 5.72. The first-order valence-corrected chi connectivity index (χ1v) is 8.92. The fraction of sp³-hybridized carbons (Fsp3) is 0.938. The third kappa shape index (κ3) is 4.97. The third-order valence-corrected chi connectivity index (χ3v) is 4.94. The minimum Gasteiger partial charge on any atom is -0.394 e. The molecule has 164 valence electrons. The molecular formula is C16H29NO11. The van der Waals surface area contributed by atoms with Crippen LogP contribution in [0.25, 0.3) is 0 Å². The molecule has 0 aliphatic carbocycles. The summed E-state index contributed by atoms with van der Waals surface area (Å²) in [6.07, 6.45) is -12.2. The molecule has 2 saturated heterocycles. The molecule has 12 heteroatoms. The largest absolute Gasteiger partial charge is 0.394 e. The molecule has 0 bridgehead atoms. The number of ether oxygens (including phenoxy) is 4. The molecule has 28 heavy (non-hydrogen) atoms. The summed E-state index contributed by atoms with van der Waals surface area (Å²) < 4.78 is 21.6. The minimum absolute atomic E-state index is 0.0122. The molecule has 0 aromatic carbocycles. The number of hydrogen-bond acceptors (Lipinski definition) is 11. The van der Waals surface area contributed by atoms with Crippen molar-refractivity contribution in [1.82, 2.24) is 5.32 Å². The second kappa shape index (κ2) is 10.2. The van der Waals surface area contributed by atoms with Gasteiger partial charge in [-0.1, -0.05) is 0 Å². The Morgan fingerprint density at radius 2 is 1.54 bits per heavy atom. The molecule has 10 unspecified atom stereocenters. The number of rotatable bonds is 7. The average molecular weight is 411 g/mol. The summed E-state index contributed by atoms with van der Waals surface area (Å²) in [5, 5.41) is 62.0. The normalized spacial score (nSPS) is 44.3. The van der Waals surface area contributed by atoms with Gasteiger partial charge in [-0.05, 0) is 0 Å². The van der Waals surface area contributed by atoms with E-state index in [-0.39, 0.29) is 12.5 Å². The molecule has 12 nitrogen and oxygen atoms in total.